The maximum atomic E-state index is 5.39. The first kappa shape index (κ1) is 21.6. The molecule has 0 spiro atoms. The Balaban J connectivity index is 1.39. The quantitative estimate of drug-likeness (QED) is 0.392. The lowest BCUT2D eigenvalue weighted by Gasteiger charge is -2.11. The second kappa shape index (κ2) is 9.68. The van der Waals surface area contributed by atoms with Crippen molar-refractivity contribution in [2.45, 2.75) is 33.2 Å². The fourth-order valence-corrected chi connectivity index (χ4v) is 3.90. The molecule has 1 N–H and O–H groups in total. The Morgan fingerprint density at radius 2 is 1.72 bits per heavy atom. The average molecular weight is 432 g/mol. The second-order valence-corrected chi connectivity index (χ2v) is 7.75. The third-order valence-electron chi connectivity index (χ3n) is 5.45. The van der Waals surface area contributed by atoms with Crippen LogP contribution in [-0.4, -0.2) is 40.3 Å². The predicted octanol–water partition coefficient (Wildman–Crippen LogP) is 4.55. The number of hydrogen-bond acceptors (Lipinski definition) is 6. The monoisotopic (exact) mass is 431 g/mol. The molecule has 2 heterocycles. The normalized spacial score (nSPS) is 11.0. The van der Waals surface area contributed by atoms with Crippen molar-refractivity contribution in [1.29, 1.82) is 0 Å². The van der Waals surface area contributed by atoms with Gasteiger partial charge in [-0.15, -0.1) is 0 Å². The molecule has 4 aromatic rings. The molecule has 0 amide bonds. The van der Waals surface area contributed by atoms with E-state index in [9.17, 15) is 0 Å². The van der Waals surface area contributed by atoms with E-state index in [-0.39, 0.29) is 0 Å². The Kier molecular flexibility index (Phi) is 6.54. The van der Waals surface area contributed by atoms with Crippen molar-refractivity contribution < 1.29 is 9.47 Å². The first-order valence-electron chi connectivity index (χ1n) is 10.8. The maximum absolute atomic E-state index is 5.39. The number of aromatic nitrogens is 4. The van der Waals surface area contributed by atoms with Crippen molar-refractivity contribution in [2.24, 2.45) is 0 Å². The predicted molar refractivity (Wildman–Crippen MR) is 127 cm³/mol. The zero-order chi connectivity index (χ0) is 22.5. The Morgan fingerprint density at radius 3 is 2.53 bits per heavy atom. The molecule has 0 atom stereocenters. The van der Waals surface area contributed by atoms with Crippen LogP contribution in [0.3, 0.4) is 0 Å². The molecule has 0 aliphatic heterocycles. The number of methoxy groups -OCH3 is 2. The number of hydrogen-bond donors (Lipinski definition) is 1. The molecular formula is C25H29N5O2. The van der Waals surface area contributed by atoms with E-state index >= 15 is 0 Å². The van der Waals surface area contributed by atoms with Gasteiger partial charge in [-0.05, 0) is 56.5 Å². The van der Waals surface area contributed by atoms with Gasteiger partial charge in [0.15, 0.2) is 11.5 Å². The van der Waals surface area contributed by atoms with Crippen molar-refractivity contribution in [2.75, 3.05) is 26.1 Å². The summed E-state index contributed by atoms with van der Waals surface area (Å²) in [5.41, 5.74) is 4.30. The molecule has 2 aromatic heterocycles. The highest BCUT2D eigenvalue weighted by molar-refractivity contribution is 5.75. The summed E-state index contributed by atoms with van der Waals surface area (Å²) < 4.78 is 12.9. The van der Waals surface area contributed by atoms with Gasteiger partial charge in [0.2, 0.25) is 0 Å². The minimum Gasteiger partial charge on any atom is -0.493 e. The first-order chi connectivity index (χ1) is 15.6. The van der Waals surface area contributed by atoms with Gasteiger partial charge in [0.25, 0.3) is 0 Å². The first-order valence-corrected chi connectivity index (χ1v) is 10.8. The number of anilines is 1. The van der Waals surface area contributed by atoms with Crippen LogP contribution in [0.5, 0.6) is 11.5 Å². The summed E-state index contributed by atoms with van der Waals surface area (Å²) >= 11 is 0. The van der Waals surface area contributed by atoms with Crippen LogP contribution in [0.25, 0.3) is 11.0 Å². The molecular weight excluding hydrogens is 402 g/mol. The SMILES string of the molecule is COc1ccc(CCCNc2cc(Cn3c(C)nc4ccccc43)nc(C)n2)cc1OC. The van der Waals surface area contributed by atoms with E-state index in [0.717, 1.165) is 65.1 Å². The van der Waals surface area contributed by atoms with Crippen molar-refractivity contribution in [3.05, 3.63) is 71.4 Å². The number of nitrogens with one attached hydrogen (secondary N) is 1. The highest BCUT2D eigenvalue weighted by atomic mass is 16.5. The molecule has 4 rings (SSSR count). The fourth-order valence-electron chi connectivity index (χ4n) is 3.90. The van der Waals surface area contributed by atoms with E-state index < -0.39 is 0 Å². The highest BCUT2D eigenvalue weighted by Gasteiger charge is 2.10. The molecule has 0 bridgehead atoms. The summed E-state index contributed by atoms with van der Waals surface area (Å²) in [6, 6.07) is 16.3. The van der Waals surface area contributed by atoms with E-state index in [1.165, 1.54) is 5.56 Å². The lowest BCUT2D eigenvalue weighted by molar-refractivity contribution is 0.354. The van der Waals surface area contributed by atoms with E-state index in [2.05, 4.69) is 37.0 Å². The van der Waals surface area contributed by atoms with Gasteiger partial charge < -0.3 is 19.4 Å². The van der Waals surface area contributed by atoms with E-state index in [1.54, 1.807) is 14.2 Å². The molecule has 0 fully saturated rings. The summed E-state index contributed by atoms with van der Waals surface area (Å²) in [4.78, 5) is 13.9. The molecule has 0 saturated carbocycles. The third kappa shape index (κ3) is 4.82. The van der Waals surface area contributed by atoms with E-state index in [1.807, 2.05) is 50.2 Å². The third-order valence-corrected chi connectivity index (χ3v) is 5.45. The number of rotatable bonds is 9. The minimum atomic E-state index is 0.663. The number of nitrogens with zero attached hydrogens (tertiary/aromatic N) is 4. The number of para-hydroxylation sites is 2. The molecule has 0 unspecified atom stereocenters. The van der Waals surface area contributed by atoms with Crippen LogP contribution in [0.4, 0.5) is 5.82 Å². The number of imidazole rings is 1. The van der Waals surface area contributed by atoms with Gasteiger partial charge >= 0.3 is 0 Å². The van der Waals surface area contributed by atoms with Crippen LogP contribution < -0.4 is 14.8 Å². The highest BCUT2D eigenvalue weighted by Crippen LogP contribution is 2.28. The topological polar surface area (TPSA) is 74.1 Å². The van der Waals surface area contributed by atoms with Crippen LogP contribution in [0.1, 0.15) is 29.3 Å². The Labute approximate surface area is 188 Å². The van der Waals surface area contributed by atoms with Crippen LogP contribution in [-0.2, 0) is 13.0 Å². The fraction of sp³-hybridized carbons (Fsp3) is 0.320. The molecule has 0 saturated heterocycles. The summed E-state index contributed by atoms with van der Waals surface area (Å²) in [6.45, 7) is 5.44. The number of ether oxygens (including phenoxy) is 2. The Morgan fingerprint density at radius 1 is 0.906 bits per heavy atom. The van der Waals surface area contributed by atoms with Gasteiger partial charge in [0.05, 0.1) is 37.5 Å². The molecule has 0 aliphatic carbocycles. The number of benzene rings is 2. The lowest BCUT2D eigenvalue weighted by atomic mass is 10.1. The van der Waals surface area contributed by atoms with Crippen molar-refractivity contribution in [3.63, 3.8) is 0 Å². The summed E-state index contributed by atoms with van der Waals surface area (Å²) in [5, 5.41) is 3.45. The number of aryl methyl sites for hydroxylation is 3. The van der Waals surface area contributed by atoms with Gasteiger partial charge in [-0.2, -0.15) is 0 Å². The molecule has 7 nitrogen and oxygen atoms in total. The summed E-state index contributed by atoms with van der Waals surface area (Å²) in [7, 11) is 3.31. The zero-order valence-electron chi connectivity index (χ0n) is 19.1. The smallest absolute Gasteiger partial charge is 0.160 e. The van der Waals surface area contributed by atoms with Crippen LogP contribution >= 0.6 is 0 Å². The molecule has 2 aromatic carbocycles. The standard InChI is InChI=1S/C25H29N5O2/c1-17-27-20(16-30-18(2)29-21-9-5-6-10-22(21)30)15-25(28-17)26-13-7-8-19-11-12-23(31-3)24(14-19)32-4/h5-6,9-12,14-15H,7-8,13,16H2,1-4H3,(H,26,27,28). The maximum Gasteiger partial charge on any atom is 0.160 e. The summed E-state index contributed by atoms with van der Waals surface area (Å²) in [6.07, 6.45) is 1.91. The molecule has 166 valence electrons. The van der Waals surface area contributed by atoms with Gasteiger partial charge in [0.1, 0.15) is 17.5 Å². The van der Waals surface area contributed by atoms with E-state index in [4.69, 9.17) is 9.47 Å². The lowest BCUT2D eigenvalue weighted by Crippen LogP contribution is -2.10. The zero-order valence-corrected chi connectivity index (χ0v) is 19.1. The van der Waals surface area contributed by atoms with Crippen LogP contribution in [0, 0.1) is 13.8 Å². The minimum absolute atomic E-state index is 0.663. The average Bonchev–Trinajstić information content (AvgIpc) is 3.11. The van der Waals surface area contributed by atoms with Crippen molar-refractivity contribution in [3.8, 4) is 11.5 Å². The molecule has 0 radical (unpaired) electrons. The largest absolute Gasteiger partial charge is 0.493 e. The molecule has 7 heteroatoms. The van der Waals surface area contributed by atoms with Gasteiger partial charge in [-0.1, -0.05) is 18.2 Å². The van der Waals surface area contributed by atoms with Gasteiger partial charge in [-0.3, -0.25) is 0 Å². The van der Waals surface area contributed by atoms with Gasteiger partial charge in [-0.25, -0.2) is 15.0 Å². The van der Waals surface area contributed by atoms with Crippen molar-refractivity contribution >= 4 is 16.9 Å². The summed E-state index contributed by atoms with van der Waals surface area (Å²) in [5.74, 6) is 4.09. The second-order valence-electron chi connectivity index (χ2n) is 7.75. The Bertz CT molecular complexity index is 1220. The van der Waals surface area contributed by atoms with Gasteiger partial charge in [0, 0.05) is 12.6 Å². The molecule has 32 heavy (non-hydrogen) atoms. The Hall–Kier alpha value is -3.61. The molecule has 0 aliphatic rings. The van der Waals surface area contributed by atoms with Crippen LogP contribution in [0.15, 0.2) is 48.5 Å². The van der Waals surface area contributed by atoms with Crippen LogP contribution in [0.2, 0.25) is 0 Å². The number of fused-ring (bicyclic) bond motifs is 1. The van der Waals surface area contributed by atoms with Crippen molar-refractivity contribution in [1.82, 2.24) is 19.5 Å². The van der Waals surface area contributed by atoms with E-state index in [0.29, 0.717) is 6.54 Å².